The lowest BCUT2D eigenvalue weighted by Gasteiger charge is -2.32. The van der Waals surface area contributed by atoms with Crippen LogP contribution in [0.15, 0.2) is 48.7 Å². The Morgan fingerprint density at radius 1 is 1.13 bits per heavy atom. The van der Waals surface area contributed by atoms with E-state index in [-0.39, 0.29) is 18.4 Å². The van der Waals surface area contributed by atoms with E-state index in [0.29, 0.717) is 41.8 Å². The zero-order valence-electron chi connectivity index (χ0n) is 15.9. The van der Waals surface area contributed by atoms with Gasteiger partial charge in [-0.2, -0.15) is 0 Å². The summed E-state index contributed by atoms with van der Waals surface area (Å²) in [5.41, 5.74) is 1.24. The minimum atomic E-state index is -0.669. The van der Waals surface area contributed by atoms with Crippen LogP contribution in [0.4, 0.5) is 5.13 Å². The van der Waals surface area contributed by atoms with Crippen molar-refractivity contribution < 1.29 is 19.1 Å². The number of fused-ring (bicyclic) bond motifs is 2. The number of nitrogens with one attached hydrogen (secondary N) is 1. The van der Waals surface area contributed by atoms with Crippen LogP contribution in [-0.2, 0) is 17.8 Å². The van der Waals surface area contributed by atoms with Crippen LogP contribution in [-0.4, -0.2) is 45.9 Å². The molecule has 2 aromatic heterocycles. The Balaban J connectivity index is 1.25. The molecule has 2 amide bonds. The van der Waals surface area contributed by atoms with Crippen LogP contribution in [0.1, 0.15) is 21.1 Å². The summed E-state index contributed by atoms with van der Waals surface area (Å²) in [6.45, 7) is 1.17. The smallest absolute Gasteiger partial charge is 0.276 e. The molecule has 152 valence electrons. The van der Waals surface area contributed by atoms with Crippen LogP contribution in [0.3, 0.4) is 0 Å². The van der Waals surface area contributed by atoms with Crippen molar-refractivity contribution in [2.75, 3.05) is 18.5 Å². The molecule has 2 aliphatic heterocycles. The van der Waals surface area contributed by atoms with Crippen molar-refractivity contribution in [2.24, 2.45) is 0 Å². The molecule has 0 aliphatic carbocycles. The molecule has 2 aliphatic rings. The van der Waals surface area contributed by atoms with Crippen LogP contribution in [0.5, 0.6) is 11.5 Å². The summed E-state index contributed by atoms with van der Waals surface area (Å²) in [5, 5.41) is 3.30. The predicted octanol–water partition coefficient (Wildman–Crippen LogP) is 2.52. The van der Waals surface area contributed by atoms with Gasteiger partial charge in [-0.05, 0) is 24.3 Å². The van der Waals surface area contributed by atoms with Crippen LogP contribution >= 0.6 is 11.3 Å². The van der Waals surface area contributed by atoms with Gasteiger partial charge in [0.05, 0.1) is 12.2 Å². The fraction of sp³-hybridized carbons (Fsp3) is 0.238. The van der Waals surface area contributed by atoms with Gasteiger partial charge >= 0.3 is 0 Å². The Hall–Kier alpha value is -3.46. The second kappa shape index (κ2) is 7.75. The van der Waals surface area contributed by atoms with Crippen LogP contribution in [0.25, 0.3) is 0 Å². The number of carbonyl (C=O) groups excluding carboxylic acids is 2. The second-order valence-electron chi connectivity index (χ2n) is 6.93. The number of pyridine rings is 1. The summed E-state index contributed by atoms with van der Waals surface area (Å²) in [5.74, 6) is 0.819. The molecule has 0 saturated carbocycles. The lowest BCUT2D eigenvalue weighted by atomic mass is 10.1. The number of amides is 2. The zero-order valence-corrected chi connectivity index (χ0v) is 16.7. The predicted molar refractivity (Wildman–Crippen MR) is 110 cm³/mol. The van der Waals surface area contributed by atoms with Gasteiger partial charge in [0.15, 0.2) is 16.6 Å². The van der Waals surface area contributed by atoms with Crippen molar-refractivity contribution in [3.8, 4) is 11.5 Å². The molecule has 4 heterocycles. The van der Waals surface area contributed by atoms with E-state index in [1.807, 2.05) is 18.2 Å². The maximum Gasteiger partial charge on any atom is 0.276 e. The molecule has 5 rings (SSSR count). The third-order valence-electron chi connectivity index (χ3n) is 4.94. The molecule has 3 aromatic rings. The summed E-state index contributed by atoms with van der Waals surface area (Å²) < 4.78 is 11.5. The fourth-order valence-corrected chi connectivity index (χ4v) is 4.46. The molecule has 0 unspecified atom stereocenters. The van der Waals surface area contributed by atoms with E-state index in [2.05, 4.69) is 15.3 Å². The first-order chi connectivity index (χ1) is 14.7. The quantitative estimate of drug-likeness (QED) is 0.697. The number of hydrogen-bond acceptors (Lipinski definition) is 7. The molecule has 8 nitrogen and oxygen atoms in total. The lowest BCUT2D eigenvalue weighted by Crippen LogP contribution is -2.47. The molecule has 0 radical (unpaired) electrons. The van der Waals surface area contributed by atoms with Crippen molar-refractivity contribution in [3.63, 3.8) is 0 Å². The first-order valence-electron chi connectivity index (χ1n) is 9.55. The maximum atomic E-state index is 13.0. The molecule has 30 heavy (non-hydrogen) atoms. The fourth-order valence-electron chi connectivity index (χ4n) is 3.44. The highest BCUT2D eigenvalue weighted by atomic mass is 32.1. The van der Waals surface area contributed by atoms with E-state index >= 15 is 0 Å². The maximum absolute atomic E-state index is 13.0. The lowest BCUT2D eigenvalue weighted by molar-refractivity contribution is -0.142. The monoisotopic (exact) mass is 422 g/mol. The summed E-state index contributed by atoms with van der Waals surface area (Å²) in [6, 6.07) is 12.5. The minimum absolute atomic E-state index is 0.109. The Kier molecular flexibility index (Phi) is 4.80. The van der Waals surface area contributed by atoms with E-state index in [4.69, 9.17) is 9.47 Å². The number of aromatic nitrogens is 2. The highest BCUT2D eigenvalue weighted by Gasteiger charge is 2.33. The number of benzene rings is 1. The average molecular weight is 422 g/mol. The molecule has 0 saturated heterocycles. The van der Waals surface area contributed by atoms with Gasteiger partial charge in [-0.1, -0.05) is 29.5 Å². The normalized spacial score (nSPS) is 17.2. The van der Waals surface area contributed by atoms with E-state index in [1.165, 1.54) is 11.3 Å². The SMILES string of the molecule is O=C(Nc1nc2c(s1)CN(C(=O)[C@H]1COc3ccccc3O1)CC2)c1ccccn1. The first-order valence-corrected chi connectivity index (χ1v) is 10.4. The van der Waals surface area contributed by atoms with Crippen LogP contribution in [0, 0.1) is 0 Å². The van der Waals surface area contributed by atoms with Crippen molar-refractivity contribution >= 4 is 28.3 Å². The summed E-state index contributed by atoms with van der Waals surface area (Å²) in [7, 11) is 0. The summed E-state index contributed by atoms with van der Waals surface area (Å²) in [6.07, 6.45) is 1.53. The molecular formula is C21H18N4O4S. The number of hydrogen-bond donors (Lipinski definition) is 1. The first kappa shape index (κ1) is 18.6. The van der Waals surface area contributed by atoms with Crippen molar-refractivity contribution in [1.82, 2.24) is 14.9 Å². The van der Waals surface area contributed by atoms with Crippen LogP contribution in [0.2, 0.25) is 0 Å². The number of anilines is 1. The van der Waals surface area contributed by atoms with E-state index in [1.54, 1.807) is 35.4 Å². The van der Waals surface area contributed by atoms with Gasteiger partial charge in [-0.25, -0.2) is 4.98 Å². The zero-order chi connectivity index (χ0) is 20.5. The topological polar surface area (TPSA) is 93.7 Å². The molecule has 0 bridgehead atoms. The van der Waals surface area contributed by atoms with Crippen molar-refractivity contribution in [3.05, 3.63) is 64.9 Å². The number of rotatable bonds is 3. The van der Waals surface area contributed by atoms with Gasteiger partial charge in [0.2, 0.25) is 6.10 Å². The third-order valence-corrected chi connectivity index (χ3v) is 5.94. The molecule has 9 heteroatoms. The van der Waals surface area contributed by atoms with E-state index < -0.39 is 6.10 Å². The summed E-state index contributed by atoms with van der Waals surface area (Å²) in [4.78, 5) is 36.6. The number of ether oxygens (including phenoxy) is 2. The molecule has 0 fully saturated rings. The standard InChI is InChI=1S/C21H18N4O4S/c26-19(14-5-3-4-9-22-14)24-21-23-13-8-10-25(11-18(13)30-21)20(27)17-12-28-15-6-1-2-7-16(15)29-17/h1-7,9,17H,8,10-12H2,(H,23,24,26)/t17-/m1/s1. The number of para-hydroxylation sites is 2. The number of thiazole rings is 1. The Morgan fingerprint density at radius 3 is 2.80 bits per heavy atom. The van der Waals surface area contributed by atoms with Gasteiger partial charge < -0.3 is 14.4 Å². The molecule has 0 spiro atoms. The average Bonchev–Trinajstić information content (AvgIpc) is 3.20. The van der Waals surface area contributed by atoms with Gasteiger partial charge in [0.25, 0.3) is 11.8 Å². The minimum Gasteiger partial charge on any atom is -0.485 e. The van der Waals surface area contributed by atoms with Gasteiger partial charge in [-0.15, -0.1) is 0 Å². The Morgan fingerprint density at radius 2 is 1.97 bits per heavy atom. The van der Waals surface area contributed by atoms with Crippen LogP contribution < -0.4 is 14.8 Å². The Bertz CT molecular complexity index is 1100. The molecule has 1 atom stereocenters. The Labute approximate surface area is 176 Å². The summed E-state index contributed by atoms with van der Waals surface area (Å²) >= 11 is 1.38. The number of nitrogens with zero attached hydrogens (tertiary/aromatic N) is 3. The van der Waals surface area contributed by atoms with Gasteiger partial charge in [0.1, 0.15) is 12.3 Å². The largest absolute Gasteiger partial charge is 0.485 e. The second-order valence-corrected chi connectivity index (χ2v) is 8.02. The van der Waals surface area contributed by atoms with Gasteiger partial charge in [0, 0.05) is 24.0 Å². The van der Waals surface area contributed by atoms with Crippen molar-refractivity contribution in [1.29, 1.82) is 0 Å². The molecular weight excluding hydrogens is 404 g/mol. The van der Waals surface area contributed by atoms with E-state index in [9.17, 15) is 9.59 Å². The molecule has 1 aromatic carbocycles. The number of carbonyl (C=O) groups is 2. The highest BCUT2D eigenvalue weighted by Crippen LogP contribution is 2.33. The highest BCUT2D eigenvalue weighted by molar-refractivity contribution is 7.15. The van der Waals surface area contributed by atoms with Gasteiger partial charge in [-0.3, -0.25) is 19.9 Å². The van der Waals surface area contributed by atoms with E-state index in [0.717, 1.165) is 10.6 Å². The molecule has 1 N–H and O–H groups in total. The van der Waals surface area contributed by atoms with Crippen molar-refractivity contribution in [2.45, 2.75) is 19.1 Å². The third kappa shape index (κ3) is 3.59.